The lowest BCUT2D eigenvalue weighted by Crippen LogP contribution is -2.34. The molecule has 1 spiro atoms. The van der Waals surface area contributed by atoms with Crippen LogP contribution < -0.4 is 9.64 Å². The minimum absolute atomic E-state index is 0.288. The highest BCUT2D eigenvalue weighted by atomic mass is 16.7. The number of rotatable bonds is 11. The number of unbranched alkanes of at least 4 members (excludes halogenated alkanes) is 1. The third kappa shape index (κ3) is 6.42. The van der Waals surface area contributed by atoms with Crippen LogP contribution in [0.25, 0.3) is 17.2 Å². The Morgan fingerprint density at radius 3 is 2.54 bits per heavy atom. The second-order valence-electron chi connectivity index (χ2n) is 9.02. The highest BCUT2D eigenvalue weighted by Gasteiger charge is 2.43. The quantitative estimate of drug-likeness (QED) is 0.358. The van der Waals surface area contributed by atoms with Gasteiger partial charge in [0.1, 0.15) is 12.4 Å². The predicted molar refractivity (Wildman–Crippen MR) is 136 cm³/mol. The molecular formula is C28H35NO6. The number of ether oxygens (including phenoxy) is 4. The Balaban J connectivity index is 1.49. The van der Waals surface area contributed by atoms with E-state index < -0.39 is 11.8 Å². The van der Waals surface area contributed by atoms with Crippen LogP contribution in [0.5, 0.6) is 5.75 Å². The third-order valence-corrected chi connectivity index (χ3v) is 6.41. The summed E-state index contributed by atoms with van der Waals surface area (Å²) < 4.78 is 23.1. The van der Waals surface area contributed by atoms with Crippen LogP contribution in [0.4, 0.5) is 5.69 Å². The van der Waals surface area contributed by atoms with Gasteiger partial charge in [0.25, 0.3) is 0 Å². The molecule has 2 aliphatic heterocycles. The Hall–Kier alpha value is -2.87. The maximum atomic E-state index is 11.5. The van der Waals surface area contributed by atoms with E-state index in [2.05, 4.69) is 24.0 Å². The van der Waals surface area contributed by atoms with Crippen LogP contribution in [-0.2, 0) is 19.0 Å². The topological polar surface area (TPSA) is 77.5 Å². The molecule has 35 heavy (non-hydrogen) atoms. The average molecular weight is 482 g/mol. The number of aliphatic carboxylic acids is 1. The molecule has 0 aliphatic carbocycles. The molecule has 0 saturated carbocycles. The number of hydrogen-bond donors (Lipinski definition) is 1. The zero-order valence-electron chi connectivity index (χ0n) is 20.6. The third-order valence-electron chi connectivity index (χ3n) is 6.41. The molecule has 1 N–H and O–H groups in total. The van der Waals surface area contributed by atoms with Crippen molar-refractivity contribution in [3.63, 3.8) is 0 Å². The summed E-state index contributed by atoms with van der Waals surface area (Å²) in [6.45, 7) is 8.28. The molecule has 0 unspecified atom stereocenters. The number of benzene rings is 2. The van der Waals surface area contributed by atoms with Crippen molar-refractivity contribution in [2.24, 2.45) is 0 Å². The predicted octanol–water partition coefficient (Wildman–Crippen LogP) is 4.99. The molecule has 7 nitrogen and oxygen atoms in total. The second-order valence-corrected chi connectivity index (χ2v) is 9.02. The summed E-state index contributed by atoms with van der Waals surface area (Å²) in [5.41, 5.74) is 4.17. The van der Waals surface area contributed by atoms with E-state index in [1.54, 1.807) is 13.0 Å². The van der Waals surface area contributed by atoms with Gasteiger partial charge in [-0.2, -0.15) is 0 Å². The first-order chi connectivity index (χ1) is 17.0. The summed E-state index contributed by atoms with van der Waals surface area (Å²) in [6, 6.07) is 14.1. The first-order valence-electron chi connectivity index (χ1n) is 12.4. The van der Waals surface area contributed by atoms with Gasteiger partial charge in [0.2, 0.25) is 0 Å². The smallest absolute Gasteiger partial charge is 0.331 e. The van der Waals surface area contributed by atoms with Gasteiger partial charge < -0.3 is 29.0 Å². The fourth-order valence-electron chi connectivity index (χ4n) is 4.44. The Bertz CT molecular complexity index is 1030. The van der Waals surface area contributed by atoms with Crippen molar-refractivity contribution < 1.29 is 28.8 Å². The standard InChI is InChI=1S/C28H35NO6/c1-3-4-13-32-14-15-33-25-8-5-22(6-9-25)23-7-10-26(24(19-23)18-21(2)27(30)31)29-12-11-28(20-29)34-16-17-35-28/h5-10,18-19H,3-4,11-17,20H2,1-2H3,(H,30,31). The molecule has 188 valence electrons. The summed E-state index contributed by atoms with van der Waals surface area (Å²) >= 11 is 0. The van der Waals surface area contributed by atoms with Crippen molar-refractivity contribution in [2.75, 3.05) is 51.0 Å². The van der Waals surface area contributed by atoms with Gasteiger partial charge in [0.05, 0.1) is 26.4 Å². The Labute approximate surface area is 207 Å². The number of carbonyl (C=O) groups is 1. The fourth-order valence-corrected chi connectivity index (χ4v) is 4.44. The lowest BCUT2D eigenvalue weighted by molar-refractivity contribution is -0.138. The highest BCUT2D eigenvalue weighted by Crippen LogP contribution is 2.37. The van der Waals surface area contributed by atoms with Gasteiger partial charge in [-0.1, -0.05) is 31.5 Å². The summed E-state index contributed by atoms with van der Waals surface area (Å²) in [6.07, 6.45) is 4.72. The van der Waals surface area contributed by atoms with E-state index >= 15 is 0 Å². The lowest BCUT2D eigenvalue weighted by Gasteiger charge is -2.25. The zero-order chi connectivity index (χ0) is 24.7. The molecule has 2 fully saturated rings. The summed E-state index contributed by atoms with van der Waals surface area (Å²) in [5, 5.41) is 9.47. The number of carboxylic acid groups (broad SMARTS) is 1. The van der Waals surface area contributed by atoms with Crippen molar-refractivity contribution >= 4 is 17.7 Å². The summed E-state index contributed by atoms with van der Waals surface area (Å²) in [4.78, 5) is 13.8. The minimum atomic E-state index is -0.929. The van der Waals surface area contributed by atoms with Gasteiger partial charge in [-0.05, 0) is 60.4 Å². The van der Waals surface area contributed by atoms with Gasteiger partial charge in [0, 0.05) is 30.8 Å². The van der Waals surface area contributed by atoms with Crippen LogP contribution in [0.1, 0.15) is 38.7 Å². The lowest BCUT2D eigenvalue weighted by atomic mass is 10.00. The molecule has 0 radical (unpaired) electrons. The van der Waals surface area contributed by atoms with Gasteiger partial charge in [-0.15, -0.1) is 0 Å². The van der Waals surface area contributed by atoms with E-state index in [-0.39, 0.29) is 5.57 Å². The number of hydrogen-bond acceptors (Lipinski definition) is 6. The van der Waals surface area contributed by atoms with Gasteiger partial charge in [-0.25, -0.2) is 4.79 Å². The largest absolute Gasteiger partial charge is 0.491 e. The van der Waals surface area contributed by atoms with Crippen molar-refractivity contribution in [1.29, 1.82) is 0 Å². The van der Waals surface area contributed by atoms with Gasteiger partial charge in [0.15, 0.2) is 5.79 Å². The van der Waals surface area contributed by atoms with Crippen molar-refractivity contribution in [3.05, 3.63) is 53.6 Å². The van der Waals surface area contributed by atoms with E-state index in [9.17, 15) is 9.90 Å². The van der Waals surface area contributed by atoms with Crippen LogP contribution in [0, 0.1) is 0 Å². The molecule has 2 aromatic rings. The Morgan fingerprint density at radius 1 is 1.09 bits per heavy atom. The molecule has 7 heteroatoms. The molecular weight excluding hydrogens is 446 g/mol. The Kier molecular flexibility index (Phi) is 8.44. The number of anilines is 1. The molecule has 0 bridgehead atoms. The van der Waals surface area contributed by atoms with E-state index in [1.807, 2.05) is 30.3 Å². The molecule has 4 rings (SSSR count). The van der Waals surface area contributed by atoms with Crippen LogP contribution in [0.15, 0.2) is 48.0 Å². The first-order valence-corrected chi connectivity index (χ1v) is 12.4. The molecule has 2 aliphatic rings. The molecule has 0 aromatic heterocycles. The van der Waals surface area contributed by atoms with Crippen molar-refractivity contribution in [3.8, 4) is 16.9 Å². The van der Waals surface area contributed by atoms with Gasteiger partial charge in [-0.3, -0.25) is 0 Å². The zero-order valence-corrected chi connectivity index (χ0v) is 20.6. The number of carboxylic acids is 1. The highest BCUT2D eigenvalue weighted by molar-refractivity contribution is 5.93. The van der Waals surface area contributed by atoms with E-state index in [1.165, 1.54) is 0 Å². The van der Waals surface area contributed by atoms with E-state index in [4.69, 9.17) is 18.9 Å². The monoisotopic (exact) mass is 481 g/mol. The first kappa shape index (κ1) is 25.2. The van der Waals surface area contributed by atoms with Crippen LogP contribution >= 0.6 is 0 Å². The van der Waals surface area contributed by atoms with Crippen molar-refractivity contribution in [2.45, 2.75) is 38.9 Å². The molecule has 2 saturated heterocycles. The summed E-state index contributed by atoms with van der Waals surface area (Å²) in [7, 11) is 0. The van der Waals surface area contributed by atoms with E-state index in [0.29, 0.717) is 33.0 Å². The van der Waals surface area contributed by atoms with Crippen molar-refractivity contribution in [1.82, 2.24) is 0 Å². The SMILES string of the molecule is CCCCOCCOc1ccc(-c2ccc(N3CCC4(C3)OCCO4)c(C=C(C)C(=O)O)c2)cc1. The van der Waals surface area contributed by atoms with E-state index in [0.717, 1.165) is 60.5 Å². The molecule has 2 aromatic carbocycles. The Morgan fingerprint density at radius 2 is 1.83 bits per heavy atom. The molecule has 0 atom stereocenters. The molecule has 2 heterocycles. The van der Waals surface area contributed by atoms with Crippen LogP contribution in [-0.4, -0.2) is 63.0 Å². The van der Waals surface area contributed by atoms with Crippen LogP contribution in [0.3, 0.4) is 0 Å². The normalized spacial score (nSPS) is 17.3. The fraction of sp³-hybridized carbons (Fsp3) is 0.464. The maximum absolute atomic E-state index is 11.5. The summed E-state index contributed by atoms with van der Waals surface area (Å²) in [5.74, 6) is -0.676. The maximum Gasteiger partial charge on any atom is 0.331 e. The molecule has 0 amide bonds. The van der Waals surface area contributed by atoms with Gasteiger partial charge >= 0.3 is 5.97 Å². The van der Waals surface area contributed by atoms with Crippen LogP contribution in [0.2, 0.25) is 0 Å². The second kappa shape index (κ2) is 11.7. The average Bonchev–Trinajstić information content (AvgIpc) is 3.51. The minimum Gasteiger partial charge on any atom is -0.491 e. The number of nitrogens with zero attached hydrogens (tertiary/aromatic N) is 1.